The minimum atomic E-state index is -0.253. The zero-order chi connectivity index (χ0) is 17.2. The van der Waals surface area contributed by atoms with Crippen LogP contribution in [0.1, 0.15) is 43.3 Å². The maximum atomic E-state index is 13.2. The zero-order valence-corrected chi connectivity index (χ0v) is 14.2. The average molecular weight is 340 g/mol. The van der Waals surface area contributed by atoms with E-state index in [1.54, 1.807) is 18.3 Å². The highest BCUT2D eigenvalue weighted by Crippen LogP contribution is 2.34. The standard InChI is InChI=1S/C19H21FN4O/c1-2-15-8-11-23(22-15)17-9-12-25-19(13-17)18-7-10-21-24(18)16-5-3-14(20)4-6-16/h3-8,10-11,17,19H,2,9,12-13H2,1H3. The Labute approximate surface area is 146 Å². The Kier molecular flexibility index (Phi) is 4.36. The number of aromatic nitrogens is 4. The Balaban J connectivity index is 1.58. The first kappa shape index (κ1) is 16.0. The van der Waals surface area contributed by atoms with E-state index < -0.39 is 0 Å². The van der Waals surface area contributed by atoms with Crippen LogP contribution in [0.15, 0.2) is 48.8 Å². The van der Waals surface area contributed by atoms with E-state index in [0.717, 1.165) is 36.3 Å². The maximum Gasteiger partial charge on any atom is 0.123 e. The molecule has 130 valence electrons. The van der Waals surface area contributed by atoms with Crippen LogP contribution in [0.2, 0.25) is 0 Å². The minimum absolute atomic E-state index is 0.0550. The van der Waals surface area contributed by atoms with Crippen molar-refractivity contribution in [1.82, 2.24) is 19.6 Å². The molecule has 2 atom stereocenters. The van der Waals surface area contributed by atoms with Gasteiger partial charge < -0.3 is 4.74 Å². The van der Waals surface area contributed by atoms with Crippen LogP contribution in [0.25, 0.3) is 5.69 Å². The van der Waals surface area contributed by atoms with E-state index in [4.69, 9.17) is 4.74 Å². The van der Waals surface area contributed by atoms with Crippen molar-refractivity contribution in [2.75, 3.05) is 6.61 Å². The molecule has 4 rings (SSSR count). The molecule has 1 aliphatic heterocycles. The highest BCUT2D eigenvalue weighted by molar-refractivity contribution is 5.33. The summed E-state index contributed by atoms with van der Waals surface area (Å²) in [5.74, 6) is -0.253. The largest absolute Gasteiger partial charge is 0.372 e. The van der Waals surface area contributed by atoms with Gasteiger partial charge in [-0.2, -0.15) is 10.2 Å². The van der Waals surface area contributed by atoms with E-state index in [1.165, 1.54) is 12.1 Å². The first-order valence-electron chi connectivity index (χ1n) is 8.70. The predicted molar refractivity (Wildman–Crippen MR) is 92.1 cm³/mol. The van der Waals surface area contributed by atoms with Gasteiger partial charge in [0.05, 0.1) is 23.1 Å². The molecule has 0 saturated carbocycles. The van der Waals surface area contributed by atoms with E-state index in [2.05, 4.69) is 34.1 Å². The number of benzene rings is 1. The topological polar surface area (TPSA) is 44.9 Å². The van der Waals surface area contributed by atoms with Gasteiger partial charge >= 0.3 is 0 Å². The van der Waals surface area contributed by atoms with Crippen LogP contribution in [0.4, 0.5) is 4.39 Å². The molecule has 5 nitrogen and oxygen atoms in total. The molecule has 0 radical (unpaired) electrons. The van der Waals surface area contributed by atoms with Crippen LogP contribution < -0.4 is 0 Å². The first-order chi connectivity index (χ1) is 12.2. The average Bonchev–Trinajstić information content (AvgIpc) is 3.32. The number of hydrogen-bond donors (Lipinski definition) is 0. The van der Waals surface area contributed by atoms with Crippen molar-refractivity contribution in [3.05, 3.63) is 66.0 Å². The zero-order valence-electron chi connectivity index (χ0n) is 14.2. The maximum absolute atomic E-state index is 13.2. The molecule has 0 N–H and O–H groups in total. The quantitative estimate of drug-likeness (QED) is 0.724. The molecule has 3 heterocycles. The summed E-state index contributed by atoms with van der Waals surface area (Å²) >= 11 is 0. The Morgan fingerprint density at radius 3 is 2.80 bits per heavy atom. The third-order valence-corrected chi connectivity index (χ3v) is 4.73. The number of nitrogens with zero attached hydrogens (tertiary/aromatic N) is 4. The highest BCUT2D eigenvalue weighted by Gasteiger charge is 2.28. The molecular weight excluding hydrogens is 319 g/mol. The summed E-state index contributed by atoms with van der Waals surface area (Å²) in [5.41, 5.74) is 2.93. The van der Waals surface area contributed by atoms with Crippen molar-refractivity contribution in [3.63, 3.8) is 0 Å². The van der Waals surface area contributed by atoms with Crippen LogP contribution in [0.5, 0.6) is 0 Å². The lowest BCUT2D eigenvalue weighted by molar-refractivity contribution is -0.0130. The summed E-state index contributed by atoms with van der Waals surface area (Å²) in [6, 6.07) is 10.7. The summed E-state index contributed by atoms with van der Waals surface area (Å²) in [7, 11) is 0. The van der Waals surface area contributed by atoms with Gasteiger partial charge in [-0.25, -0.2) is 9.07 Å². The van der Waals surface area contributed by atoms with E-state index in [9.17, 15) is 4.39 Å². The van der Waals surface area contributed by atoms with Crippen LogP contribution in [-0.2, 0) is 11.2 Å². The molecule has 0 amide bonds. The van der Waals surface area contributed by atoms with E-state index in [0.29, 0.717) is 12.6 Å². The summed E-state index contributed by atoms with van der Waals surface area (Å²) in [6.45, 7) is 2.80. The minimum Gasteiger partial charge on any atom is -0.372 e. The molecule has 0 bridgehead atoms. The van der Waals surface area contributed by atoms with Crippen molar-refractivity contribution in [3.8, 4) is 5.69 Å². The van der Waals surface area contributed by atoms with Gasteiger partial charge in [0, 0.05) is 25.4 Å². The van der Waals surface area contributed by atoms with Gasteiger partial charge in [-0.3, -0.25) is 4.68 Å². The lowest BCUT2D eigenvalue weighted by Gasteiger charge is -2.30. The Morgan fingerprint density at radius 1 is 1.20 bits per heavy atom. The molecule has 2 unspecified atom stereocenters. The summed E-state index contributed by atoms with van der Waals surface area (Å²) in [4.78, 5) is 0. The summed E-state index contributed by atoms with van der Waals surface area (Å²) in [5, 5.41) is 9.05. The summed E-state index contributed by atoms with van der Waals surface area (Å²) < 4.78 is 23.1. The van der Waals surface area contributed by atoms with Gasteiger partial charge in [0.1, 0.15) is 11.9 Å². The molecule has 1 fully saturated rings. The molecule has 0 aliphatic carbocycles. The van der Waals surface area contributed by atoms with Crippen LogP contribution in [0.3, 0.4) is 0 Å². The Bertz CT molecular complexity index is 839. The molecule has 25 heavy (non-hydrogen) atoms. The number of rotatable bonds is 4. The third-order valence-electron chi connectivity index (χ3n) is 4.73. The molecule has 2 aromatic heterocycles. The van der Waals surface area contributed by atoms with Crippen molar-refractivity contribution in [2.24, 2.45) is 0 Å². The fraction of sp³-hybridized carbons (Fsp3) is 0.368. The number of aryl methyl sites for hydroxylation is 1. The number of ether oxygens (including phenoxy) is 1. The van der Waals surface area contributed by atoms with Gasteiger partial charge in [-0.15, -0.1) is 0 Å². The normalized spacial score (nSPS) is 20.7. The van der Waals surface area contributed by atoms with E-state index in [-0.39, 0.29) is 11.9 Å². The van der Waals surface area contributed by atoms with Crippen LogP contribution in [0, 0.1) is 5.82 Å². The second-order valence-electron chi connectivity index (χ2n) is 6.32. The fourth-order valence-corrected chi connectivity index (χ4v) is 3.35. The fourth-order valence-electron chi connectivity index (χ4n) is 3.35. The van der Waals surface area contributed by atoms with Gasteiger partial charge in [0.15, 0.2) is 0 Å². The van der Waals surface area contributed by atoms with Crippen molar-refractivity contribution in [2.45, 2.75) is 38.3 Å². The number of hydrogen-bond acceptors (Lipinski definition) is 3. The van der Waals surface area contributed by atoms with Crippen molar-refractivity contribution in [1.29, 1.82) is 0 Å². The highest BCUT2D eigenvalue weighted by atomic mass is 19.1. The van der Waals surface area contributed by atoms with Crippen LogP contribution in [-0.4, -0.2) is 26.2 Å². The van der Waals surface area contributed by atoms with Crippen molar-refractivity contribution < 1.29 is 9.13 Å². The van der Waals surface area contributed by atoms with E-state index in [1.807, 2.05) is 10.7 Å². The van der Waals surface area contributed by atoms with Gasteiger partial charge in [-0.1, -0.05) is 6.92 Å². The summed E-state index contributed by atoms with van der Waals surface area (Å²) in [6.07, 6.45) is 6.50. The monoisotopic (exact) mass is 340 g/mol. The number of halogens is 1. The van der Waals surface area contributed by atoms with Crippen molar-refractivity contribution >= 4 is 0 Å². The second kappa shape index (κ2) is 6.80. The van der Waals surface area contributed by atoms with Crippen LogP contribution >= 0.6 is 0 Å². The third kappa shape index (κ3) is 3.22. The SMILES string of the molecule is CCc1ccn(C2CCOC(c3ccnn3-c3ccc(F)cc3)C2)n1. The lowest BCUT2D eigenvalue weighted by Crippen LogP contribution is -2.24. The first-order valence-corrected chi connectivity index (χ1v) is 8.70. The van der Waals surface area contributed by atoms with Gasteiger partial charge in [0.2, 0.25) is 0 Å². The van der Waals surface area contributed by atoms with Gasteiger partial charge in [-0.05, 0) is 49.2 Å². The lowest BCUT2D eigenvalue weighted by atomic mass is 10.0. The predicted octanol–water partition coefficient (Wildman–Crippen LogP) is 3.86. The molecule has 6 heteroatoms. The van der Waals surface area contributed by atoms with Gasteiger partial charge in [0.25, 0.3) is 0 Å². The Morgan fingerprint density at radius 2 is 2.04 bits per heavy atom. The molecule has 3 aromatic rings. The van der Waals surface area contributed by atoms with E-state index >= 15 is 0 Å². The molecule has 1 aromatic carbocycles. The molecule has 1 saturated heterocycles. The molecule has 0 spiro atoms. The Hall–Kier alpha value is -2.47. The molecule has 1 aliphatic rings. The molecular formula is C19H21FN4O. The second-order valence-corrected chi connectivity index (χ2v) is 6.32. The smallest absolute Gasteiger partial charge is 0.123 e.